The van der Waals surface area contributed by atoms with E-state index >= 15 is 0 Å². The summed E-state index contributed by atoms with van der Waals surface area (Å²) in [5, 5.41) is 25.7. The quantitative estimate of drug-likeness (QED) is 0.568. The van der Waals surface area contributed by atoms with Gasteiger partial charge in [0.25, 0.3) is 0 Å². The zero-order valence-electron chi connectivity index (χ0n) is 12.1. The van der Waals surface area contributed by atoms with Crippen LogP contribution in [0, 0.1) is 10.1 Å². The average Bonchev–Trinajstić information content (AvgIpc) is 2.86. The van der Waals surface area contributed by atoms with Gasteiger partial charge < -0.3 is 10.4 Å². The predicted molar refractivity (Wildman–Crippen MR) is 72.7 cm³/mol. The molecule has 1 aromatic heterocycles. The Morgan fingerprint density at radius 1 is 1.57 bits per heavy atom. The molecule has 9 heteroatoms. The number of nitro groups is 1. The number of amides is 1. The van der Waals surface area contributed by atoms with Crippen molar-refractivity contribution in [2.24, 2.45) is 0 Å². The van der Waals surface area contributed by atoms with Crippen LogP contribution in [0.15, 0.2) is 12.4 Å². The van der Waals surface area contributed by atoms with E-state index in [1.54, 1.807) is 20.8 Å². The molecule has 2 N–H and O–H groups in total. The number of carboxylic acids is 1. The first-order valence-corrected chi connectivity index (χ1v) is 6.37. The van der Waals surface area contributed by atoms with Crippen molar-refractivity contribution in [3.63, 3.8) is 0 Å². The molecule has 1 unspecified atom stereocenters. The van der Waals surface area contributed by atoms with Crippen molar-refractivity contribution >= 4 is 17.6 Å². The summed E-state index contributed by atoms with van der Waals surface area (Å²) < 4.78 is 1.21. The predicted octanol–water partition coefficient (Wildman–Crippen LogP) is 0.896. The first kappa shape index (κ1) is 16.6. The van der Waals surface area contributed by atoms with Gasteiger partial charge in [0.15, 0.2) is 0 Å². The first-order valence-electron chi connectivity index (χ1n) is 6.37. The minimum absolute atomic E-state index is 0.0465. The number of nitrogens with zero attached hydrogens (tertiary/aromatic N) is 3. The van der Waals surface area contributed by atoms with Crippen LogP contribution in [0.1, 0.15) is 33.6 Å². The molecule has 0 aliphatic rings. The van der Waals surface area contributed by atoms with Gasteiger partial charge in [-0.15, -0.1) is 0 Å². The summed E-state index contributed by atoms with van der Waals surface area (Å²) in [6.07, 6.45) is 2.51. The van der Waals surface area contributed by atoms with E-state index in [4.69, 9.17) is 5.11 Å². The van der Waals surface area contributed by atoms with E-state index in [0.29, 0.717) is 6.42 Å². The second-order valence-electron chi connectivity index (χ2n) is 5.27. The van der Waals surface area contributed by atoms with E-state index in [2.05, 4.69) is 10.4 Å². The van der Waals surface area contributed by atoms with Crippen LogP contribution in [0.5, 0.6) is 0 Å². The average molecular weight is 298 g/mol. The number of aliphatic carboxylic acids is 1. The molecule has 1 rings (SSSR count). The third kappa shape index (κ3) is 4.26. The number of hydrogen-bond acceptors (Lipinski definition) is 5. The van der Waals surface area contributed by atoms with Crippen LogP contribution in [0.3, 0.4) is 0 Å². The highest BCUT2D eigenvalue weighted by molar-refractivity contribution is 5.83. The standard InChI is InChI=1S/C12H18N4O5/c1-8(4-5-10(17)18)14-11(19)12(2,3)15-7-9(6-13-15)16(20)21/h6-8H,4-5H2,1-3H3,(H,14,19)(H,17,18). The number of carbonyl (C=O) groups is 2. The van der Waals surface area contributed by atoms with Gasteiger partial charge in [0.1, 0.15) is 17.9 Å². The Hall–Kier alpha value is -2.45. The first-order chi connectivity index (χ1) is 9.64. The van der Waals surface area contributed by atoms with Crippen molar-refractivity contribution in [3.05, 3.63) is 22.5 Å². The molecule has 0 saturated heterocycles. The van der Waals surface area contributed by atoms with Crippen LogP contribution < -0.4 is 5.32 Å². The number of aromatic nitrogens is 2. The van der Waals surface area contributed by atoms with Crippen molar-refractivity contribution in [2.45, 2.75) is 45.2 Å². The lowest BCUT2D eigenvalue weighted by Crippen LogP contribution is -2.47. The van der Waals surface area contributed by atoms with E-state index in [0.717, 1.165) is 6.20 Å². The van der Waals surface area contributed by atoms with E-state index in [1.807, 2.05) is 0 Å². The molecular formula is C12H18N4O5. The molecule has 21 heavy (non-hydrogen) atoms. The second-order valence-corrected chi connectivity index (χ2v) is 5.27. The molecule has 1 amide bonds. The van der Waals surface area contributed by atoms with Crippen LogP contribution in [0.2, 0.25) is 0 Å². The molecule has 0 fully saturated rings. The number of carbonyl (C=O) groups excluding carboxylic acids is 1. The third-order valence-electron chi connectivity index (χ3n) is 3.08. The van der Waals surface area contributed by atoms with E-state index in [9.17, 15) is 19.7 Å². The number of hydrogen-bond donors (Lipinski definition) is 2. The van der Waals surface area contributed by atoms with Gasteiger partial charge in [-0.3, -0.25) is 24.4 Å². The minimum atomic E-state index is -1.12. The number of carboxylic acid groups (broad SMARTS) is 1. The summed E-state index contributed by atoms with van der Waals surface area (Å²) in [6.45, 7) is 4.84. The number of rotatable bonds is 7. The normalized spacial score (nSPS) is 12.7. The summed E-state index contributed by atoms with van der Waals surface area (Å²) in [5.41, 5.74) is -1.32. The molecule has 0 spiro atoms. The molecule has 0 aromatic carbocycles. The largest absolute Gasteiger partial charge is 0.481 e. The molecule has 0 saturated carbocycles. The Bertz CT molecular complexity index is 552. The van der Waals surface area contributed by atoms with Gasteiger partial charge in [0.2, 0.25) is 5.91 Å². The maximum absolute atomic E-state index is 12.2. The van der Waals surface area contributed by atoms with Crippen LogP contribution >= 0.6 is 0 Å². The van der Waals surface area contributed by atoms with Crippen molar-refractivity contribution in [1.82, 2.24) is 15.1 Å². The maximum atomic E-state index is 12.2. The second kappa shape index (κ2) is 6.33. The van der Waals surface area contributed by atoms with E-state index in [1.165, 1.54) is 10.9 Å². The monoisotopic (exact) mass is 298 g/mol. The Labute approximate surface area is 121 Å². The zero-order chi connectivity index (χ0) is 16.2. The lowest BCUT2D eigenvalue weighted by Gasteiger charge is -2.26. The minimum Gasteiger partial charge on any atom is -0.481 e. The van der Waals surface area contributed by atoms with E-state index in [-0.39, 0.29) is 18.2 Å². The van der Waals surface area contributed by atoms with Crippen LogP contribution in [0.25, 0.3) is 0 Å². The summed E-state index contributed by atoms with van der Waals surface area (Å²) in [7, 11) is 0. The van der Waals surface area contributed by atoms with E-state index < -0.39 is 22.3 Å². The summed E-state index contributed by atoms with van der Waals surface area (Å²) in [6, 6.07) is -0.321. The van der Waals surface area contributed by atoms with Crippen LogP contribution in [-0.2, 0) is 15.1 Å². The molecule has 0 radical (unpaired) electrons. The van der Waals surface area contributed by atoms with Gasteiger partial charge in [0, 0.05) is 12.5 Å². The maximum Gasteiger partial charge on any atom is 0.307 e. The fraction of sp³-hybridized carbons (Fsp3) is 0.583. The van der Waals surface area contributed by atoms with Gasteiger partial charge >= 0.3 is 11.7 Å². The Balaban J connectivity index is 2.74. The van der Waals surface area contributed by atoms with Crippen molar-refractivity contribution in [2.75, 3.05) is 0 Å². The Morgan fingerprint density at radius 3 is 2.67 bits per heavy atom. The topological polar surface area (TPSA) is 127 Å². The van der Waals surface area contributed by atoms with Crippen molar-refractivity contribution in [3.8, 4) is 0 Å². The van der Waals surface area contributed by atoms with Gasteiger partial charge in [-0.05, 0) is 27.2 Å². The lowest BCUT2D eigenvalue weighted by molar-refractivity contribution is -0.385. The Kier molecular flexibility index (Phi) is 5.01. The lowest BCUT2D eigenvalue weighted by atomic mass is 10.0. The van der Waals surface area contributed by atoms with Crippen molar-refractivity contribution in [1.29, 1.82) is 0 Å². The third-order valence-corrected chi connectivity index (χ3v) is 3.08. The molecule has 1 aromatic rings. The molecular weight excluding hydrogens is 280 g/mol. The smallest absolute Gasteiger partial charge is 0.307 e. The Morgan fingerprint density at radius 2 is 2.19 bits per heavy atom. The molecule has 9 nitrogen and oxygen atoms in total. The highest BCUT2D eigenvalue weighted by atomic mass is 16.6. The summed E-state index contributed by atoms with van der Waals surface area (Å²) in [4.78, 5) is 32.7. The fourth-order valence-corrected chi connectivity index (χ4v) is 1.63. The SMILES string of the molecule is CC(CCC(=O)O)NC(=O)C(C)(C)n1cc([N+](=O)[O-])cn1. The zero-order valence-corrected chi connectivity index (χ0v) is 12.1. The molecule has 0 aliphatic carbocycles. The highest BCUT2D eigenvalue weighted by Crippen LogP contribution is 2.19. The number of nitrogens with one attached hydrogen (secondary N) is 1. The molecule has 1 heterocycles. The molecule has 0 bridgehead atoms. The molecule has 1 atom stereocenters. The molecule has 116 valence electrons. The van der Waals surface area contributed by atoms with Gasteiger partial charge in [-0.25, -0.2) is 0 Å². The van der Waals surface area contributed by atoms with Crippen LogP contribution in [0.4, 0.5) is 5.69 Å². The summed E-state index contributed by atoms with van der Waals surface area (Å²) in [5.74, 6) is -1.32. The van der Waals surface area contributed by atoms with Crippen molar-refractivity contribution < 1.29 is 19.6 Å². The van der Waals surface area contributed by atoms with Crippen LogP contribution in [-0.4, -0.2) is 37.7 Å². The van der Waals surface area contributed by atoms with Gasteiger partial charge in [-0.2, -0.15) is 5.10 Å². The fourth-order valence-electron chi connectivity index (χ4n) is 1.63. The van der Waals surface area contributed by atoms with Gasteiger partial charge in [-0.1, -0.05) is 0 Å². The highest BCUT2D eigenvalue weighted by Gasteiger charge is 2.32. The molecule has 0 aliphatic heterocycles. The summed E-state index contributed by atoms with van der Waals surface area (Å²) >= 11 is 0. The van der Waals surface area contributed by atoms with Gasteiger partial charge in [0.05, 0.1) is 4.92 Å².